The van der Waals surface area contributed by atoms with Gasteiger partial charge in [-0.2, -0.15) is 0 Å². The zero-order valence-electron chi connectivity index (χ0n) is 7.33. The van der Waals surface area contributed by atoms with Crippen LogP contribution in [0.4, 0.5) is 0 Å². The van der Waals surface area contributed by atoms with Crippen LogP contribution in [-0.4, -0.2) is 19.7 Å². The van der Waals surface area contributed by atoms with Crippen molar-refractivity contribution < 1.29 is 8.42 Å². The van der Waals surface area contributed by atoms with E-state index in [1.165, 1.54) is 6.26 Å². The van der Waals surface area contributed by atoms with Crippen LogP contribution in [-0.2, 0) is 9.84 Å². The molecule has 3 nitrogen and oxygen atoms in total. The second-order valence-electron chi connectivity index (χ2n) is 2.86. The molecule has 0 amide bonds. The number of sulfone groups is 1. The van der Waals surface area contributed by atoms with Crippen molar-refractivity contribution in [1.29, 1.82) is 0 Å². The van der Waals surface area contributed by atoms with Crippen molar-refractivity contribution in [3.63, 3.8) is 0 Å². The molecule has 0 saturated heterocycles. The Morgan fingerprint density at radius 2 is 1.58 bits per heavy atom. The Morgan fingerprint density at radius 3 is 1.92 bits per heavy atom. The monoisotopic (exact) mass is 185 g/mol. The number of aromatic nitrogens is 1. The fourth-order valence-corrected chi connectivity index (χ4v) is 1.78. The first-order valence-electron chi connectivity index (χ1n) is 3.55. The van der Waals surface area contributed by atoms with Gasteiger partial charge in [0.15, 0.2) is 9.84 Å². The van der Waals surface area contributed by atoms with Gasteiger partial charge in [-0.05, 0) is 26.0 Å². The van der Waals surface area contributed by atoms with Crippen LogP contribution in [0.2, 0.25) is 0 Å². The molecule has 0 radical (unpaired) electrons. The van der Waals surface area contributed by atoms with E-state index in [1.807, 2.05) is 0 Å². The number of hydrogen-bond acceptors (Lipinski definition) is 3. The van der Waals surface area contributed by atoms with Gasteiger partial charge in [0.25, 0.3) is 0 Å². The van der Waals surface area contributed by atoms with Crippen LogP contribution in [0, 0.1) is 13.8 Å². The minimum Gasteiger partial charge on any atom is -0.258 e. The summed E-state index contributed by atoms with van der Waals surface area (Å²) in [6.07, 6.45) is 1.20. The highest BCUT2D eigenvalue weighted by Gasteiger charge is 2.07. The number of nitrogens with zero attached hydrogens (tertiary/aromatic N) is 1. The summed E-state index contributed by atoms with van der Waals surface area (Å²) in [5, 5.41) is 0. The summed E-state index contributed by atoms with van der Waals surface area (Å²) in [6.45, 7) is 3.56. The summed E-state index contributed by atoms with van der Waals surface area (Å²) in [4.78, 5) is 4.42. The van der Waals surface area contributed by atoms with Gasteiger partial charge in [-0.1, -0.05) is 0 Å². The lowest BCUT2D eigenvalue weighted by Crippen LogP contribution is -1.99. The number of rotatable bonds is 1. The Balaban J connectivity index is 3.37. The van der Waals surface area contributed by atoms with Gasteiger partial charge in [0.05, 0.1) is 4.90 Å². The van der Waals surface area contributed by atoms with E-state index in [0.717, 1.165) is 11.4 Å². The van der Waals surface area contributed by atoms with Crippen LogP contribution in [0.15, 0.2) is 17.0 Å². The maximum atomic E-state index is 11.1. The summed E-state index contributed by atoms with van der Waals surface area (Å²) >= 11 is 0. The van der Waals surface area contributed by atoms with Crippen molar-refractivity contribution in [2.75, 3.05) is 6.26 Å². The quantitative estimate of drug-likeness (QED) is 0.658. The summed E-state index contributed by atoms with van der Waals surface area (Å²) in [5.74, 6) is 0. The van der Waals surface area contributed by atoms with Crippen LogP contribution in [0.3, 0.4) is 0 Å². The molecule has 1 rings (SSSR count). The molecule has 0 saturated carbocycles. The zero-order chi connectivity index (χ0) is 9.35. The van der Waals surface area contributed by atoms with E-state index in [9.17, 15) is 8.42 Å². The van der Waals surface area contributed by atoms with E-state index in [0.29, 0.717) is 4.90 Å². The Morgan fingerprint density at radius 1 is 1.17 bits per heavy atom. The molecular formula is C8H11NO2S. The standard InChI is InChI=1S/C8H11NO2S/c1-6-4-8(12(3,10)11)5-7(2)9-6/h4-5H,1-3H3. The number of hydrogen-bond donors (Lipinski definition) is 0. The molecule has 0 N–H and O–H groups in total. The molecule has 0 bridgehead atoms. The number of pyridine rings is 1. The Labute approximate surface area is 72.4 Å². The van der Waals surface area contributed by atoms with Gasteiger partial charge in [0.2, 0.25) is 0 Å². The van der Waals surface area contributed by atoms with Crippen molar-refractivity contribution in [2.45, 2.75) is 18.7 Å². The van der Waals surface area contributed by atoms with Gasteiger partial charge in [-0.3, -0.25) is 4.98 Å². The molecule has 1 heterocycles. The molecule has 0 fully saturated rings. The predicted molar refractivity (Wildman–Crippen MR) is 46.8 cm³/mol. The van der Waals surface area contributed by atoms with E-state index >= 15 is 0 Å². The smallest absolute Gasteiger partial charge is 0.175 e. The van der Waals surface area contributed by atoms with Crippen molar-refractivity contribution in [3.8, 4) is 0 Å². The fourth-order valence-electron chi connectivity index (χ4n) is 1.01. The molecule has 0 aliphatic heterocycles. The molecule has 1 aromatic heterocycles. The molecular weight excluding hydrogens is 174 g/mol. The van der Waals surface area contributed by atoms with Crippen molar-refractivity contribution in [2.24, 2.45) is 0 Å². The lowest BCUT2D eigenvalue weighted by molar-refractivity contribution is 0.601. The van der Waals surface area contributed by atoms with Gasteiger partial charge in [0, 0.05) is 17.6 Å². The molecule has 0 atom stereocenters. The van der Waals surface area contributed by atoms with Gasteiger partial charge in [-0.25, -0.2) is 8.42 Å². The van der Waals surface area contributed by atoms with Gasteiger partial charge < -0.3 is 0 Å². The Bertz CT molecular complexity index is 375. The van der Waals surface area contributed by atoms with E-state index in [2.05, 4.69) is 4.98 Å². The lowest BCUT2D eigenvalue weighted by Gasteiger charge is -2.00. The second kappa shape index (κ2) is 2.86. The highest BCUT2D eigenvalue weighted by Crippen LogP contribution is 2.10. The van der Waals surface area contributed by atoms with Gasteiger partial charge in [-0.15, -0.1) is 0 Å². The normalized spacial score (nSPS) is 11.6. The molecule has 0 spiro atoms. The summed E-state index contributed by atoms with van der Waals surface area (Å²) in [5.41, 5.74) is 1.46. The summed E-state index contributed by atoms with van der Waals surface area (Å²) in [7, 11) is -3.09. The summed E-state index contributed by atoms with van der Waals surface area (Å²) < 4.78 is 22.2. The Hall–Kier alpha value is -0.900. The SMILES string of the molecule is Cc1cc(S(C)(=O)=O)cc(C)n1. The van der Waals surface area contributed by atoms with Crippen LogP contribution < -0.4 is 0 Å². The van der Waals surface area contributed by atoms with Crippen molar-refractivity contribution >= 4 is 9.84 Å². The molecule has 1 aromatic rings. The maximum Gasteiger partial charge on any atom is 0.175 e. The largest absolute Gasteiger partial charge is 0.258 e. The molecule has 0 aliphatic carbocycles. The molecule has 12 heavy (non-hydrogen) atoms. The fraction of sp³-hybridized carbons (Fsp3) is 0.375. The van der Waals surface area contributed by atoms with Gasteiger partial charge >= 0.3 is 0 Å². The zero-order valence-corrected chi connectivity index (χ0v) is 8.14. The molecule has 0 aliphatic rings. The minimum absolute atomic E-state index is 0.340. The number of aryl methyl sites for hydroxylation is 2. The van der Waals surface area contributed by atoms with E-state index in [-0.39, 0.29) is 0 Å². The predicted octanol–water partition coefficient (Wildman–Crippen LogP) is 1.10. The first-order chi connectivity index (χ1) is 5.39. The average molecular weight is 185 g/mol. The third-order valence-electron chi connectivity index (χ3n) is 1.48. The molecule has 0 aromatic carbocycles. The lowest BCUT2D eigenvalue weighted by atomic mass is 10.3. The van der Waals surface area contributed by atoms with Gasteiger partial charge in [0.1, 0.15) is 0 Å². The highest BCUT2D eigenvalue weighted by atomic mass is 32.2. The summed E-state index contributed by atoms with van der Waals surface area (Å²) in [6, 6.07) is 3.14. The minimum atomic E-state index is -3.09. The van der Waals surface area contributed by atoms with Crippen LogP contribution in [0.1, 0.15) is 11.4 Å². The first-order valence-corrected chi connectivity index (χ1v) is 5.44. The average Bonchev–Trinajstić information content (AvgIpc) is 1.82. The molecule has 0 unspecified atom stereocenters. The van der Waals surface area contributed by atoms with Crippen LogP contribution >= 0.6 is 0 Å². The topological polar surface area (TPSA) is 47.0 Å². The van der Waals surface area contributed by atoms with E-state index in [4.69, 9.17) is 0 Å². The van der Waals surface area contributed by atoms with Crippen LogP contribution in [0.25, 0.3) is 0 Å². The van der Waals surface area contributed by atoms with Crippen molar-refractivity contribution in [3.05, 3.63) is 23.5 Å². The third-order valence-corrected chi connectivity index (χ3v) is 2.58. The molecule has 66 valence electrons. The van der Waals surface area contributed by atoms with E-state index in [1.54, 1.807) is 26.0 Å². The van der Waals surface area contributed by atoms with E-state index < -0.39 is 9.84 Å². The first kappa shape index (κ1) is 9.19. The molecule has 4 heteroatoms. The highest BCUT2D eigenvalue weighted by molar-refractivity contribution is 7.90. The Kier molecular flexibility index (Phi) is 2.19. The second-order valence-corrected chi connectivity index (χ2v) is 4.87. The maximum absolute atomic E-state index is 11.1. The van der Waals surface area contributed by atoms with Crippen molar-refractivity contribution in [1.82, 2.24) is 4.98 Å². The third kappa shape index (κ3) is 2.04. The van der Waals surface area contributed by atoms with Crippen LogP contribution in [0.5, 0.6) is 0 Å².